The van der Waals surface area contributed by atoms with Gasteiger partial charge in [0.2, 0.25) is 17.3 Å². The largest absolute Gasteiger partial charge is 0.360 e. The number of ketones is 3. The maximum Gasteiger partial charge on any atom is 0.203 e. The van der Waals surface area contributed by atoms with Gasteiger partial charge in [0.15, 0.2) is 0 Å². The summed E-state index contributed by atoms with van der Waals surface area (Å²) in [5.74, 6) is -2.10. The van der Waals surface area contributed by atoms with E-state index in [2.05, 4.69) is 268 Å². The molecule has 0 saturated heterocycles. The lowest BCUT2D eigenvalue weighted by molar-refractivity contribution is -0.124. The average Bonchev–Trinajstić information content (AvgIpc) is 1.07. The van der Waals surface area contributed by atoms with Gasteiger partial charge in [0.05, 0.1) is 33.8 Å². The van der Waals surface area contributed by atoms with E-state index in [0.29, 0.717) is 0 Å². The molecule has 0 heterocycles. The molecule has 3 N–H and O–H groups in total. The molecule has 0 unspecified atom stereocenters. The summed E-state index contributed by atoms with van der Waals surface area (Å²) in [6.07, 6.45) is 4.61. The second kappa shape index (κ2) is 24.2. The summed E-state index contributed by atoms with van der Waals surface area (Å²) in [5.41, 5.74) is 33.6. The van der Waals surface area contributed by atoms with Crippen molar-refractivity contribution in [2.24, 2.45) is 0 Å². The molecule has 9 aromatic rings. The molecule has 9 aromatic carbocycles. The number of carbonyl (C=O) groups is 3. The Kier molecular flexibility index (Phi) is 16.9. The molecule has 0 bridgehead atoms. The first-order valence-corrected chi connectivity index (χ1v) is 30.3. The van der Waals surface area contributed by atoms with Gasteiger partial charge in [0.1, 0.15) is 0 Å². The lowest BCUT2D eigenvalue weighted by Crippen LogP contribution is -2.33. The Balaban J connectivity index is 1.23. The van der Waals surface area contributed by atoms with E-state index in [1.165, 1.54) is 18.6 Å². The number of para-hydroxylation sites is 3. The lowest BCUT2D eigenvalue weighted by atomic mass is 9.83. The summed E-state index contributed by atoms with van der Waals surface area (Å²) in [6, 6.07) is 45.1. The molecular weight excluding hydrogens is 1060 g/mol. The number of hydrogen-bond acceptors (Lipinski definition) is 6. The molecule has 10 rings (SSSR count). The summed E-state index contributed by atoms with van der Waals surface area (Å²) in [7, 11) is 0. The van der Waals surface area contributed by atoms with Crippen molar-refractivity contribution in [2.75, 3.05) is 16.0 Å². The van der Waals surface area contributed by atoms with E-state index in [9.17, 15) is 0 Å². The van der Waals surface area contributed by atoms with Crippen molar-refractivity contribution >= 4 is 34.4 Å². The molecule has 1 saturated carbocycles. The van der Waals surface area contributed by atoms with E-state index in [0.717, 1.165) is 184 Å². The zero-order chi connectivity index (χ0) is 62.6. The molecular formula is C81H81N3O3. The van der Waals surface area contributed by atoms with E-state index >= 15 is 14.4 Å². The monoisotopic (exact) mass is 1140 g/mol. The number of allylic oxidation sites excluding steroid dienone is 3. The predicted octanol–water partition coefficient (Wildman–Crippen LogP) is 20.2. The van der Waals surface area contributed by atoms with Crippen molar-refractivity contribution in [1.82, 2.24) is 0 Å². The summed E-state index contributed by atoms with van der Waals surface area (Å²) in [6.45, 7) is 38.1. The lowest BCUT2D eigenvalue weighted by Gasteiger charge is -2.24. The zero-order valence-corrected chi connectivity index (χ0v) is 54.1. The van der Waals surface area contributed by atoms with Crippen molar-refractivity contribution in [3.8, 4) is 66.8 Å². The van der Waals surface area contributed by atoms with E-state index in [-0.39, 0.29) is 16.7 Å². The SMILES string of the molecule is Cc1cc(C)c(-c2cccc(-c3c(C)cc(C)cc3C)c2NC=C2C(=O)C(=CNc3c(-c4c(C)cc(C)cc4C)cccc3-c3c(C)cc(C)cc3C)C(=O)C(=CNc3c(-c4c(C)cc(C)cc4C)cccc3-c3c(C)cc(C)cc3C)C2=O)c(C)c1. The smallest absolute Gasteiger partial charge is 0.203 e. The number of rotatable bonds is 12. The van der Waals surface area contributed by atoms with Crippen LogP contribution in [0.25, 0.3) is 66.8 Å². The van der Waals surface area contributed by atoms with Gasteiger partial charge in [-0.3, -0.25) is 14.4 Å². The number of nitrogens with one attached hydrogen (secondary N) is 3. The van der Waals surface area contributed by atoms with Gasteiger partial charge in [-0.25, -0.2) is 0 Å². The van der Waals surface area contributed by atoms with E-state index in [1.54, 1.807) is 0 Å². The second-order valence-corrected chi connectivity index (χ2v) is 24.9. The van der Waals surface area contributed by atoms with Crippen LogP contribution < -0.4 is 16.0 Å². The Morgan fingerprint density at radius 1 is 0.230 bits per heavy atom. The average molecular weight is 1140 g/mol. The van der Waals surface area contributed by atoms with Gasteiger partial charge < -0.3 is 16.0 Å². The normalized spacial score (nSPS) is 12.5. The van der Waals surface area contributed by atoms with Crippen molar-refractivity contribution in [1.29, 1.82) is 0 Å². The standard InChI is InChI=1S/C81H81N3O3/c1-43-28-49(7)70(50(8)29-43)61-22-19-23-62(71-51(9)30-44(2)31-52(71)10)76(61)82-40-67-79(85)68(41-83-77-63(72-53(11)32-45(3)33-54(72)12)24-20-25-64(77)73-55(13)34-46(4)35-56(73)14)81(87)69(80(67)86)42-84-78-65(74-57(15)36-47(5)37-58(74)16)26-21-27-66(78)75-59(17)38-48(6)39-60(75)18/h19-42,82-84H,1-18H3. The van der Waals surface area contributed by atoms with Gasteiger partial charge in [-0.1, -0.05) is 161 Å². The van der Waals surface area contributed by atoms with Crippen molar-refractivity contribution in [3.63, 3.8) is 0 Å². The van der Waals surface area contributed by atoms with Crippen LogP contribution in [0.1, 0.15) is 100 Å². The van der Waals surface area contributed by atoms with Crippen LogP contribution in [0.4, 0.5) is 17.1 Å². The van der Waals surface area contributed by atoms with Crippen LogP contribution in [-0.4, -0.2) is 17.3 Å². The summed E-state index contributed by atoms with van der Waals surface area (Å²) in [4.78, 5) is 47.4. The molecule has 1 fully saturated rings. The van der Waals surface area contributed by atoms with Gasteiger partial charge >= 0.3 is 0 Å². The van der Waals surface area contributed by atoms with E-state index in [1.807, 2.05) is 0 Å². The number of anilines is 3. The summed E-state index contributed by atoms with van der Waals surface area (Å²) in [5, 5.41) is 10.9. The third-order valence-electron chi connectivity index (χ3n) is 17.4. The molecule has 1 aliphatic rings. The molecule has 0 radical (unpaired) electrons. The number of hydrogen-bond donors (Lipinski definition) is 3. The third kappa shape index (κ3) is 11.6. The fraction of sp³-hybridized carbons (Fsp3) is 0.222. The number of aryl methyl sites for hydroxylation is 18. The van der Waals surface area contributed by atoms with E-state index < -0.39 is 17.3 Å². The Hall–Kier alpha value is -9.39. The summed E-state index contributed by atoms with van der Waals surface area (Å²) < 4.78 is 0. The Morgan fingerprint density at radius 2 is 0.368 bits per heavy atom. The van der Waals surface area contributed by atoms with Crippen molar-refractivity contribution < 1.29 is 14.4 Å². The van der Waals surface area contributed by atoms with Crippen LogP contribution in [0, 0.1) is 125 Å². The molecule has 6 nitrogen and oxygen atoms in total. The number of Topliss-reactive ketones (excluding diaryl/α,β-unsaturated/α-hetero) is 3. The van der Waals surface area contributed by atoms with Crippen molar-refractivity contribution in [2.45, 2.75) is 125 Å². The minimum Gasteiger partial charge on any atom is -0.360 e. The van der Waals surface area contributed by atoms with Crippen LogP contribution in [0.15, 0.2) is 163 Å². The van der Waals surface area contributed by atoms with E-state index in [4.69, 9.17) is 0 Å². The van der Waals surface area contributed by atoms with Crippen LogP contribution in [0.5, 0.6) is 0 Å². The molecule has 1 aliphatic carbocycles. The van der Waals surface area contributed by atoms with Gasteiger partial charge in [-0.2, -0.15) is 0 Å². The highest BCUT2D eigenvalue weighted by Gasteiger charge is 2.39. The highest BCUT2D eigenvalue weighted by atomic mass is 16.2. The molecule has 438 valence electrons. The first-order valence-electron chi connectivity index (χ1n) is 30.3. The van der Waals surface area contributed by atoms with Gasteiger partial charge in [0, 0.05) is 52.0 Å². The van der Waals surface area contributed by atoms with Crippen LogP contribution in [-0.2, 0) is 14.4 Å². The predicted molar refractivity (Wildman–Crippen MR) is 367 cm³/mol. The third-order valence-corrected chi connectivity index (χ3v) is 17.4. The first kappa shape index (κ1) is 60.7. The first-order chi connectivity index (χ1) is 41.3. The fourth-order valence-corrected chi connectivity index (χ4v) is 14.6. The van der Waals surface area contributed by atoms with Crippen molar-refractivity contribution in [3.05, 3.63) is 263 Å². The molecule has 0 amide bonds. The van der Waals surface area contributed by atoms with Gasteiger partial charge in [0.25, 0.3) is 0 Å². The zero-order valence-electron chi connectivity index (χ0n) is 54.1. The second-order valence-electron chi connectivity index (χ2n) is 24.9. The Labute approximate surface area is 516 Å². The Bertz CT molecular complexity index is 3660. The number of carbonyl (C=O) groups excluding carboxylic acids is 3. The van der Waals surface area contributed by atoms with Gasteiger partial charge in [-0.15, -0.1) is 0 Å². The minimum atomic E-state index is -0.700. The number of benzene rings is 9. The van der Waals surface area contributed by atoms with Gasteiger partial charge in [-0.05, 0) is 225 Å². The topological polar surface area (TPSA) is 87.3 Å². The molecule has 0 aliphatic heterocycles. The van der Waals surface area contributed by atoms with Crippen LogP contribution >= 0.6 is 0 Å². The maximum absolute atomic E-state index is 15.8. The highest BCUT2D eigenvalue weighted by molar-refractivity contribution is 6.52. The fourth-order valence-electron chi connectivity index (χ4n) is 14.6. The van der Waals surface area contributed by atoms with Crippen LogP contribution in [0.3, 0.4) is 0 Å². The molecule has 0 aromatic heterocycles. The minimum absolute atomic E-state index is 0.181. The Morgan fingerprint density at radius 3 is 0.506 bits per heavy atom. The molecule has 0 spiro atoms. The maximum atomic E-state index is 15.8. The molecule has 6 heteroatoms. The molecule has 0 atom stereocenters. The summed E-state index contributed by atoms with van der Waals surface area (Å²) >= 11 is 0. The molecule has 87 heavy (non-hydrogen) atoms. The quantitative estimate of drug-likeness (QED) is 0.0835. The van der Waals surface area contributed by atoms with Crippen LogP contribution in [0.2, 0.25) is 0 Å². The highest BCUT2D eigenvalue weighted by Crippen LogP contribution is 2.47.